The zero-order chi connectivity index (χ0) is 17.7. The molecule has 1 aromatic heterocycles. The normalized spacial score (nSPS) is 17.0. The average Bonchev–Trinajstić information content (AvgIpc) is 3.13. The maximum Gasteiger partial charge on any atom is 0.191 e. The largest absolute Gasteiger partial charge is 0.381 e. The maximum atomic E-state index is 5.72. The summed E-state index contributed by atoms with van der Waals surface area (Å²) in [5.74, 6) is 1.46. The molecule has 6 nitrogen and oxygen atoms in total. The van der Waals surface area contributed by atoms with Crippen molar-refractivity contribution in [2.24, 2.45) is 10.9 Å². The van der Waals surface area contributed by atoms with Gasteiger partial charge in [-0.15, -0.1) is 24.0 Å². The molecule has 1 unspecified atom stereocenters. The third-order valence-corrected chi connectivity index (χ3v) is 4.26. The van der Waals surface area contributed by atoms with Gasteiger partial charge in [-0.3, -0.25) is 9.98 Å². The summed E-state index contributed by atoms with van der Waals surface area (Å²) >= 11 is 0. The van der Waals surface area contributed by atoms with Gasteiger partial charge in [0.1, 0.15) is 0 Å². The predicted octanol–water partition coefficient (Wildman–Crippen LogP) is 2.55. The van der Waals surface area contributed by atoms with Crippen LogP contribution in [0.1, 0.15) is 30.9 Å². The third-order valence-electron chi connectivity index (χ3n) is 4.26. The lowest BCUT2D eigenvalue weighted by molar-refractivity contribution is 0.0893. The summed E-state index contributed by atoms with van der Waals surface area (Å²) in [5, 5.41) is 6.68. The Kier molecular flexibility index (Phi) is 12.6. The van der Waals surface area contributed by atoms with Crippen LogP contribution < -0.4 is 10.6 Å². The van der Waals surface area contributed by atoms with Crippen LogP contribution in [0.5, 0.6) is 0 Å². The second kappa shape index (κ2) is 14.2. The minimum atomic E-state index is 0. The fourth-order valence-corrected chi connectivity index (χ4v) is 2.76. The van der Waals surface area contributed by atoms with Gasteiger partial charge in [0.15, 0.2) is 5.96 Å². The Balaban J connectivity index is 0.00000338. The van der Waals surface area contributed by atoms with Gasteiger partial charge in [-0.25, -0.2) is 0 Å². The molecule has 2 heterocycles. The molecule has 2 rings (SSSR count). The maximum absolute atomic E-state index is 5.72. The van der Waals surface area contributed by atoms with Crippen molar-refractivity contribution < 1.29 is 9.47 Å². The Labute approximate surface area is 174 Å². The number of pyridine rings is 1. The molecular formula is C19H33IN4O2. The zero-order valence-electron chi connectivity index (χ0n) is 16.0. The first-order valence-corrected chi connectivity index (χ1v) is 9.36. The summed E-state index contributed by atoms with van der Waals surface area (Å²) in [5.41, 5.74) is 2.55. The molecule has 0 bridgehead atoms. The number of hydrogen-bond donors (Lipinski definition) is 2. The van der Waals surface area contributed by atoms with E-state index in [1.165, 1.54) is 11.1 Å². The van der Waals surface area contributed by atoms with Crippen LogP contribution in [0.4, 0.5) is 0 Å². The molecule has 0 aliphatic carbocycles. The number of rotatable bonds is 10. The second-order valence-electron chi connectivity index (χ2n) is 6.40. The first-order chi connectivity index (χ1) is 12.3. The molecule has 0 spiro atoms. The Hall–Kier alpha value is -0.930. The zero-order valence-corrected chi connectivity index (χ0v) is 18.3. The molecular weight excluding hydrogens is 443 g/mol. The summed E-state index contributed by atoms with van der Waals surface area (Å²) < 4.78 is 11.1. The van der Waals surface area contributed by atoms with Crippen molar-refractivity contribution in [2.45, 2.75) is 33.1 Å². The van der Waals surface area contributed by atoms with E-state index in [-0.39, 0.29) is 24.0 Å². The molecule has 0 amide bonds. The number of aryl methyl sites for hydroxylation is 1. The molecule has 1 aliphatic rings. The van der Waals surface area contributed by atoms with Crippen LogP contribution in [0, 0.1) is 12.8 Å². The van der Waals surface area contributed by atoms with Crippen LogP contribution in [0.2, 0.25) is 0 Å². The van der Waals surface area contributed by atoms with E-state index in [0.29, 0.717) is 5.92 Å². The fraction of sp³-hybridized carbons (Fsp3) is 0.684. The minimum Gasteiger partial charge on any atom is -0.381 e. The molecule has 1 fully saturated rings. The van der Waals surface area contributed by atoms with Gasteiger partial charge in [0.2, 0.25) is 0 Å². The number of nitrogens with zero attached hydrogens (tertiary/aromatic N) is 2. The highest BCUT2D eigenvalue weighted by Crippen LogP contribution is 2.12. The molecule has 2 N–H and O–H groups in total. The minimum absolute atomic E-state index is 0. The second-order valence-corrected chi connectivity index (χ2v) is 6.40. The first kappa shape index (κ1) is 23.1. The molecule has 1 aliphatic heterocycles. The SMILES string of the molecule is CCNC(=NCCCOCC1CCOC1)NCCc1ccncc1C.I. The van der Waals surface area contributed by atoms with Crippen molar-refractivity contribution >= 4 is 29.9 Å². The predicted molar refractivity (Wildman–Crippen MR) is 116 cm³/mol. The van der Waals surface area contributed by atoms with Gasteiger partial charge in [0.25, 0.3) is 0 Å². The van der Waals surface area contributed by atoms with Crippen LogP contribution in [0.25, 0.3) is 0 Å². The van der Waals surface area contributed by atoms with Crippen molar-refractivity contribution in [2.75, 3.05) is 46.1 Å². The first-order valence-electron chi connectivity index (χ1n) is 9.36. The Bertz CT molecular complexity index is 522. The molecule has 0 radical (unpaired) electrons. The number of aliphatic imine (C=N–C) groups is 1. The van der Waals surface area contributed by atoms with E-state index in [0.717, 1.165) is 71.3 Å². The number of ether oxygens (including phenoxy) is 2. The topological polar surface area (TPSA) is 67.8 Å². The van der Waals surface area contributed by atoms with E-state index < -0.39 is 0 Å². The Morgan fingerprint density at radius 3 is 3.04 bits per heavy atom. The number of halogens is 1. The molecule has 1 aromatic rings. The van der Waals surface area contributed by atoms with Gasteiger partial charge in [-0.05, 0) is 50.3 Å². The number of nitrogens with one attached hydrogen (secondary N) is 2. The summed E-state index contributed by atoms with van der Waals surface area (Å²) in [7, 11) is 0. The van der Waals surface area contributed by atoms with Crippen molar-refractivity contribution in [3.8, 4) is 0 Å². The number of guanidine groups is 1. The van der Waals surface area contributed by atoms with Crippen LogP contribution in [0.15, 0.2) is 23.5 Å². The van der Waals surface area contributed by atoms with Gasteiger partial charge >= 0.3 is 0 Å². The van der Waals surface area contributed by atoms with E-state index >= 15 is 0 Å². The third kappa shape index (κ3) is 9.14. The Morgan fingerprint density at radius 2 is 2.31 bits per heavy atom. The quantitative estimate of drug-likeness (QED) is 0.235. The summed E-state index contributed by atoms with van der Waals surface area (Å²) in [6.45, 7) is 9.97. The van der Waals surface area contributed by atoms with Crippen LogP contribution in [-0.4, -0.2) is 57.0 Å². The highest BCUT2D eigenvalue weighted by molar-refractivity contribution is 14.0. The lowest BCUT2D eigenvalue weighted by atomic mass is 10.1. The van der Waals surface area contributed by atoms with Gasteiger partial charge in [-0.2, -0.15) is 0 Å². The molecule has 0 aromatic carbocycles. The monoisotopic (exact) mass is 476 g/mol. The van der Waals surface area contributed by atoms with Crippen LogP contribution in [0.3, 0.4) is 0 Å². The van der Waals surface area contributed by atoms with Crippen molar-refractivity contribution in [1.82, 2.24) is 15.6 Å². The lowest BCUT2D eigenvalue weighted by Gasteiger charge is -2.12. The van der Waals surface area contributed by atoms with Gasteiger partial charge in [0.05, 0.1) is 13.2 Å². The van der Waals surface area contributed by atoms with E-state index in [1.54, 1.807) is 0 Å². The fourth-order valence-electron chi connectivity index (χ4n) is 2.76. The molecule has 1 saturated heterocycles. The van der Waals surface area contributed by atoms with E-state index in [4.69, 9.17) is 9.47 Å². The summed E-state index contributed by atoms with van der Waals surface area (Å²) in [6.07, 6.45) is 6.79. The number of hydrogen-bond acceptors (Lipinski definition) is 4. The summed E-state index contributed by atoms with van der Waals surface area (Å²) in [6, 6.07) is 2.08. The highest BCUT2D eigenvalue weighted by Gasteiger charge is 2.15. The molecule has 0 saturated carbocycles. The molecule has 7 heteroatoms. The lowest BCUT2D eigenvalue weighted by Crippen LogP contribution is -2.38. The van der Waals surface area contributed by atoms with Gasteiger partial charge < -0.3 is 20.1 Å². The van der Waals surface area contributed by atoms with Gasteiger partial charge in [-0.1, -0.05) is 0 Å². The average molecular weight is 476 g/mol. The van der Waals surface area contributed by atoms with Crippen molar-refractivity contribution in [3.63, 3.8) is 0 Å². The van der Waals surface area contributed by atoms with Crippen molar-refractivity contribution in [3.05, 3.63) is 29.6 Å². The van der Waals surface area contributed by atoms with E-state index in [1.807, 2.05) is 12.4 Å². The molecule has 26 heavy (non-hydrogen) atoms. The van der Waals surface area contributed by atoms with E-state index in [2.05, 4.69) is 40.5 Å². The number of aromatic nitrogens is 1. The van der Waals surface area contributed by atoms with Crippen LogP contribution >= 0.6 is 24.0 Å². The van der Waals surface area contributed by atoms with Crippen molar-refractivity contribution in [1.29, 1.82) is 0 Å². The van der Waals surface area contributed by atoms with Crippen LogP contribution in [-0.2, 0) is 15.9 Å². The smallest absolute Gasteiger partial charge is 0.191 e. The standard InChI is InChI=1S/C19H32N4O2.HI/c1-3-21-19(23-10-6-18-5-9-20-13-16(18)2)22-8-4-11-24-14-17-7-12-25-15-17;/h5,9,13,17H,3-4,6-8,10-12,14-15H2,1-2H3,(H2,21,22,23);1H. The van der Waals surface area contributed by atoms with Gasteiger partial charge in [0, 0.05) is 51.2 Å². The Morgan fingerprint density at radius 1 is 1.42 bits per heavy atom. The molecule has 1 atom stereocenters. The molecule has 148 valence electrons. The highest BCUT2D eigenvalue weighted by atomic mass is 127. The van der Waals surface area contributed by atoms with E-state index in [9.17, 15) is 0 Å². The summed E-state index contributed by atoms with van der Waals surface area (Å²) in [4.78, 5) is 8.75.